The van der Waals surface area contributed by atoms with Crippen LogP contribution in [0.3, 0.4) is 0 Å². The van der Waals surface area contributed by atoms with Crippen molar-refractivity contribution in [3.8, 4) is 5.75 Å². The molecule has 0 unspecified atom stereocenters. The summed E-state index contributed by atoms with van der Waals surface area (Å²) in [5, 5.41) is 12.1. The Hall–Kier alpha value is -3.65. The van der Waals surface area contributed by atoms with Crippen LogP contribution in [0, 0.1) is 26.6 Å². The van der Waals surface area contributed by atoms with Crippen molar-refractivity contribution in [2.24, 2.45) is 0 Å². The number of aromatic nitrogens is 4. The third-order valence-corrected chi connectivity index (χ3v) is 5.52. The third-order valence-electron chi connectivity index (χ3n) is 5.21. The lowest BCUT2D eigenvalue weighted by Gasteiger charge is -2.09. The number of rotatable bonds is 7. The van der Waals surface area contributed by atoms with E-state index >= 15 is 0 Å². The summed E-state index contributed by atoms with van der Waals surface area (Å²) >= 11 is 6.15. The van der Waals surface area contributed by atoms with Gasteiger partial charge in [0.25, 0.3) is 5.91 Å². The average Bonchev–Trinajstić information content (AvgIpc) is 3.36. The molecule has 0 radical (unpaired) electrons. The van der Waals surface area contributed by atoms with Crippen molar-refractivity contribution in [2.75, 3.05) is 5.32 Å². The molecule has 0 saturated heterocycles. The number of halogens is 2. The fourth-order valence-electron chi connectivity index (χ4n) is 3.41. The molecule has 1 amide bonds. The number of nitrogens with one attached hydrogen (secondary N) is 1. The molecule has 33 heavy (non-hydrogen) atoms. The van der Waals surface area contributed by atoms with E-state index in [2.05, 4.69) is 15.5 Å². The van der Waals surface area contributed by atoms with Crippen LogP contribution in [0.1, 0.15) is 33.0 Å². The number of hydrogen-bond donors (Lipinski definition) is 1. The summed E-state index contributed by atoms with van der Waals surface area (Å²) in [5.41, 5.74) is 3.71. The van der Waals surface area contributed by atoms with Gasteiger partial charge < -0.3 is 10.1 Å². The first kappa shape index (κ1) is 22.5. The molecule has 2 heterocycles. The molecule has 2 aromatic carbocycles. The normalized spacial score (nSPS) is 10.9. The number of ether oxygens (including phenoxy) is 1. The minimum atomic E-state index is -0.376. The lowest BCUT2D eigenvalue weighted by atomic mass is 10.2. The highest BCUT2D eigenvalue weighted by atomic mass is 35.5. The highest BCUT2D eigenvalue weighted by Crippen LogP contribution is 2.25. The molecule has 0 saturated carbocycles. The number of amides is 1. The van der Waals surface area contributed by atoms with Gasteiger partial charge in [-0.1, -0.05) is 35.9 Å². The average molecular weight is 468 g/mol. The van der Waals surface area contributed by atoms with E-state index < -0.39 is 0 Å². The smallest absolute Gasteiger partial charge is 0.276 e. The molecule has 9 heteroatoms. The van der Waals surface area contributed by atoms with E-state index in [-0.39, 0.29) is 30.7 Å². The summed E-state index contributed by atoms with van der Waals surface area (Å²) < 4.78 is 22.9. The molecular weight excluding hydrogens is 445 g/mol. The quantitative estimate of drug-likeness (QED) is 0.408. The summed E-state index contributed by atoms with van der Waals surface area (Å²) in [5.74, 6) is -0.124. The van der Waals surface area contributed by atoms with Crippen LogP contribution in [-0.2, 0) is 13.3 Å². The summed E-state index contributed by atoms with van der Waals surface area (Å²) in [6.07, 6.45) is 1.65. The van der Waals surface area contributed by atoms with Gasteiger partial charge in [-0.3, -0.25) is 9.48 Å². The molecule has 1 N–H and O–H groups in total. The van der Waals surface area contributed by atoms with Gasteiger partial charge in [0.05, 0.1) is 28.6 Å². The highest BCUT2D eigenvalue weighted by molar-refractivity contribution is 6.32. The molecule has 0 atom stereocenters. The van der Waals surface area contributed by atoms with Crippen molar-refractivity contribution in [1.29, 1.82) is 0 Å². The number of hydrogen-bond acceptors (Lipinski definition) is 4. The minimum absolute atomic E-state index is 0.106. The second kappa shape index (κ2) is 9.46. The summed E-state index contributed by atoms with van der Waals surface area (Å²) in [6, 6.07) is 13.7. The molecule has 7 nitrogen and oxygen atoms in total. The van der Waals surface area contributed by atoms with Crippen LogP contribution in [0.5, 0.6) is 5.75 Å². The number of anilines is 1. The molecule has 2 aromatic heterocycles. The molecule has 0 aliphatic rings. The second-order valence-corrected chi connectivity index (χ2v) is 8.10. The second-order valence-electron chi connectivity index (χ2n) is 7.70. The van der Waals surface area contributed by atoms with Crippen molar-refractivity contribution >= 4 is 23.2 Å². The molecule has 170 valence electrons. The largest absolute Gasteiger partial charge is 0.470 e. The van der Waals surface area contributed by atoms with Crippen molar-refractivity contribution in [3.63, 3.8) is 0 Å². The Bertz CT molecular complexity index is 1310. The van der Waals surface area contributed by atoms with Gasteiger partial charge in [-0.05, 0) is 50.6 Å². The Labute approximate surface area is 195 Å². The summed E-state index contributed by atoms with van der Waals surface area (Å²) in [7, 11) is 0. The standard InChI is InChI=1S/C24H23ClFN5O2/c1-15-8-9-19(25)22(12-15)33-14-30-11-10-21(29-30)24(32)27-23-16(2)28-31(17(23)3)13-18-6-4-5-7-20(18)26/h4-12H,13-14H2,1-3H3,(H,27,32). The first-order valence-corrected chi connectivity index (χ1v) is 10.7. The Kier molecular flexibility index (Phi) is 6.46. The van der Waals surface area contributed by atoms with Crippen LogP contribution >= 0.6 is 11.6 Å². The fraction of sp³-hybridized carbons (Fsp3) is 0.208. The maximum absolute atomic E-state index is 14.0. The Morgan fingerprint density at radius 1 is 1.12 bits per heavy atom. The molecule has 0 bridgehead atoms. The third kappa shape index (κ3) is 5.06. The van der Waals surface area contributed by atoms with E-state index in [9.17, 15) is 9.18 Å². The summed E-state index contributed by atoms with van der Waals surface area (Å²) in [4.78, 5) is 12.8. The molecule has 0 aliphatic carbocycles. The van der Waals surface area contributed by atoms with Crippen molar-refractivity contribution in [2.45, 2.75) is 34.0 Å². The first-order chi connectivity index (χ1) is 15.8. The van der Waals surface area contributed by atoms with E-state index in [4.69, 9.17) is 16.3 Å². The first-order valence-electron chi connectivity index (χ1n) is 10.3. The minimum Gasteiger partial charge on any atom is -0.470 e. The SMILES string of the molecule is Cc1ccc(Cl)c(OCn2ccc(C(=O)Nc3c(C)nn(Cc4ccccc4F)c3C)n2)c1. The van der Waals surface area contributed by atoms with Gasteiger partial charge in [0.2, 0.25) is 0 Å². The van der Waals surface area contributed by atoms with E-state index in [1.165, 1.54) is 10.7 Å². The zero-order chi connectivity index (χ0) is 23.5. The van der Waals surface area contributed by atoms with Crippen LogP contribution in [0.4, 0.5) is 10.1 Å². The van der Waals surface area contributed by atoms with Gasteiger partial charge in [-0.15, -0.1) is 0 Å². The number of carbonyl (C=O) groups is 1. The van der Waals surface area contributed by atoms with Crippen LogP contribution in [-0.4, -0.2) is 25.5 Å². The molecule has 4 rings (SSSR count). The van der Waals surface area contributed by atoms with Crippen LogP contribution in [0.25, 0.3) is 0 Å². The maximum Gasteiger partial charge on any atom is 0.276 e. The number of carbonyl (C=O) groups excluding carboxylic acids is 1. The van der Waals surface area contributed by atoms with E-state index in [0.29, 0.717) is 27.7 Å². The topological polar surface area (TPSA) is 74.0 Å². The van der Waals surface area contributed by atoms with Crippen LogP contribution in [0.15, 0.2) is 54.7 Å². The van der Waals surface area contributed by atoms with Gasteiger partial charge in [0.15, 0.2) is 12.4 Å². The van der Waals surface area contributed by atoms with Gasteiger partial charge in [-0.25, -0.2) is 9.07 Å². The summed E-state index contributed by atoms with van der Waals surface area (Å²) in [6.45, 7) is 5.94. The van der Waals surface area contributed by atoms with Gasteiger partial charge >= 0.3 is 0 Å². The highest BCUT2D eigenvalue weighted by Gasteiger charge is 2.18. The van der Waals surface area contributed by atoms with Gasteiger partial charge in [0, 0.05) is 11.8 Å². The molecule has 0 spiro atoms. The van der Waals surface area contributed by atoms with Crippen molar-refractivity contribution in [3.05, 3.63) is 93.8 Å². The molecule has 0 aliphatic heterocycles. The molecule has 4 aromatic rings. The lowest BCUT2D eigenvalue weighted by Crippen LogP contribution is -2.15. The number of aryl methyl sites for hydroxylation is 2. The van der Waals surface area contributed by atoms with E-state index in [1.807, 2.05) is 26.0 Å². The molecule has 0 fully saturated rings. The predicted molar refractivity (Wildman–Crippen MR) is 124 cm³/mol. The van der Waals surface area contributed by atoms with Gasteiger partial charge in [0.1, 0.15) is 11.6 Å². The van der Waals surface area contributed by atoms with Crippen LogP contribution < -0.4 is 10.1 Å². The Morgan fingerprint density at radius 2 is 1.91 bits per heavy atom. The monoisotopic (exact) mass is 467 g/mol. The van der Waals surface area contributed by atoms with Gasteiger partial charge in [-0.2, -0.15) is 10.2 Å². The van der Waals surface area contributed by atoms with E-state index in [0.717, 1.165) is 11.3 Å². The zero-order valence-corrected chi connectivity index (χ0v) is 19.2. The van der Waals surface area contributed by atoms with Crippen molar-refractivity contribution in [1.82, 2.24) is 19.6 Å². The van der Waals surface area contributed by atoms with Crippen molar-refractivity contribution < 1.29 is 13.9 Å². The lowest BCUT2D eigenvalue weighted by molar-refractivity contribution is 0.102. The predicted octanol–water partition coefficient (Wildman–Crippen LogP) is 5.13. The fourth-order valence-corrected chi connectivity index (χ4v) is 3.58. The van der Waals surface area contributed by atoms with E-state index in [1.54, 1.807) is 48.1 Å². The molecular formula is C24H23ClFN5O2. The number of nitrogens with zero attached hydrogens (tertiary/aromatic N) is 4. The Morgan fingerprint density at radius 3 is 2.70 bits per heavy atom. The maximum atomic E-state index is 14.0. The zero-order valence-electron chi connectivity index (χ0n) is 18.5. The Balaban J connectivity index is 1.44. The van der Waals surface area contributed by atoms with Crippen LogP contribution in [0.2, 0.25) is 5.02 Å². The number of benzene rings is 2.